The molecule has 3 rings (SSSR count). The van der Waals surface area contributed by atoms with Gasteiger partial charge in [-0.3, -0.25) is 0 Å². The summed E-state index contributed by atoms with van der Waals surface area (Å²) < 4.78 is 0. The van der Waals surface area contributed by atoms with Crippen LogP contribution in [0.3, 0.4) is 0 Å². The molecule has 1 atom stereocenters. The van der Waals surface area contributed by atoms with Crippen LogP contribution in [0.1, 0.15) is 34.9 Å². The van der Waals surface area contributed by atoms with Gasteiger partial charge in [-0.15, -0.1) is 22.7 Å². The first-order valence-corrected chi connectivity index (χ1v) is 6.87. The number of hydrogen-bond donors (Lipinski definition) is 1. The molecule has 2 N–H and O–H groups in total. The Balaban J connectivity index is 2.02. The van der Waals surface area contributed by atoms with E-state index in [9.17, 15) is 0 Å². The van der Waals surface area contributed by atoms with Gasteiger partial charge in [-0.25, -0.2) is 4.98 Å². The third-order valence-electron chi connectivity index (χ3n) is 2.95. The number of fused-ring (bicyclic) bond motifs is 1. The zero-order valence-electron chi connectivity index (χ0n) is 8.27. The standard InChI is InChI=1S/C11H12N2S2/c12-11-13-9(6-15-11)7-2-1-3-10-8(7)4-5-14-10/h4-7H,1-3H2,(H2,12,13). The number of rotatable bonds is 1. The van der Waals surface area contributed by atoms with Crippen molar-refractivity contribution in [1.82, 2.24) is 4.98 Å². The Hall–Kier alpha value is -0.870. The van der Waals surface area contributed by atoms with E-state index in [-0.39, 0.29) is 0 Å². The van der Waals surface area contributed by atoms with Crippen LogP contribution in [0.5, 0.6) is 0 Å². The number of thiazole rings is 1. The first-order valence-electron chi connectivity index (χ1n) is 5.12. The van der Waals surface area contributed by atoms with Gasteiger partial charge in [0.1, 0.15) is 0 Å². The van der Waals surface area contributed by atoms with E-state index in [2.05, 4.69) is 21.8 Å². The zero-order valence-corrected chi connectivity index (χ0v) is 9.90. The zero-order chi connectivity index (χ0) is 10.3. The van der Waals surface area contributed by atoms with Gasteiger partial charge < -0.3 is 5.73 Å². The first-order chi connectivity index (χ1) is 7.34. The van der Waals surface area contributed by atoms with Crippen LogP contribution in [-0.2, 0) is 6.42 Å². The average molecular weight is 236 g/mol. The van der Waals surface area contributed by atoms with Gasteiger partial charge in [-0.05, 0) is 36.3 Å². The fourth-order valence-corrected chi connectivity index (χ4v) is 3.86. The maximum atomic E-state index is 5.69. The Morgan fingerprint density at radius 3 is 3.13 bits per heavy atom. The average Bonchev–Trinajstić information content (AvgIpc) is 2.84. The summed E-state index contributed by atoms with van der Waals surface area (Å²) in [5.74, 6) is 0.494. The smallest absolute Gasteiger partial charge is 0.180 e. The summed E-state index contributed by atoms with van der Waals surface area (Å²) in [6.45, 7) is 0. The van der Waals surface area contributed by atoms with Crippen LogP contribution in [0.25, 0.3) is 0 Å². The predicted octanol–water partition coefficient (Wildman–Crippen LogP) is 3.26. The maximum Gasteiger partial charge on any atom is 0.180 e. The van der Waals surface area contributed by atoms with E-state index in [4.69, 9.17) is 5.73 Å². The molecule has 0 fully saturated rings. The molecule has 0 spiro atoms. The molecule has 2 aromatic heterocycles. The SMILES string of the molecule is Nc1nc(C2CCCc3sccc32)cs1. The third-order valence-corrected chi connectivity index (χ3v) is 4.64. The van der Waals surface area contributed by atoms with E-state index in [1.54, 1.807) is 11.3 Å². The number of anilines is 1. The van der Waals surface area contributed by atoms with Gasteiger partial charge in [0.15, 0.2) is 5.13 Å². The molecule has 0 aromatic carbocycles. The van der Waals surface area contributed by atoms with Crippen LogP contribution in [0, 0.1) is 0 Å². The van der Waals surface area contributed by atoms with Crippen molar-refractivity contribution in [1.29, 1.82) is 0 Å². The number of aromatic nitrogens is 1. The monoisotopic (exact) mass is 236 g/mol. The van der Waals surface area contributed by atoms with E-state index in [1.165, 1.54) is 29.7 Å². The van der Waals surface area contributed by atoms with E-state index >= 15 is 0 Å². The van der Waals surface area contributed by atoms with Gasteiger partial charge in [0.2, 0.25) is 0 Å². The molecule has 2 heterocycles. The van der Waals surface area contributed by atoms with Gasteiger partial charge in [-0.1, -0.05) is 0 Å². The number of aryl methyl sites for hydroxylation is 1. The first kappa shape index (κ1) is 9.36. The molecule has 0 bridgehead atoms. The van der Waals surface area contributed by atoms with Gasteiger partial charge in [-0.2, -0.15) is 0 Å². The van der Waals surface area contributed by atoms with Gasteiger partial charge in [0, 0.05) is 16.2 Å². The molecule has 15 heavy (non-hydrogen) atoms. The van der Waals surface area contributed by atoms with Crippen molar-refractivity contribution in [3.05, 3.63) is 33.0 Å². The molecule has 0 amide bonds. The Kier molecular flexibility index (Phi) is 2.25. The molecule has 1 unspecified atom stereocenters. The second-order valence-corrected chi connectivity index (χ2v) is 5.74. The number of nitrogen functional groups attached to an aromatic ring is 1. The molecule has 0 aliphatic heterocycles. The summed E-state index contributed by atoms with van der Waals surface area (Å²) in [4.78, 5) is 5.95. The highest BCUT2D eigenvalue weighted by Crippen LogP contribution is 2.39. The minimum Gasteiger partial charge on any atom is -0.375 e. The van der Waals surface area contributed by atoms with Gasteiger partial charge in [0.05, 0.1) is 5.69 Å². The molecule has 0 saturated heterocycles. The van der Waals surface area contributed by atoms with Gasteiger partial charge in [0.25, 0.3) is 0 Å². The minimum absolute atomic E-state index is 0.494. The maximum absolute atomic E-state index is 5.69. The number of nitrogens with two attached hydrogens (primary N) is 1. The fraction of sp³-hybridized carbons (Fsp3) is 0.364. The van der Waals surface area contributed by atoms with E-state index in [0.29, 0.717) is 11.0 Å². The molecule has 2 aromatic rings. The summed E-state index contributed by atoms with van der Waals surface area (Å²) in [5, 5.41) is 4.98. The lowest BCUT2D eigenvalue weighted by molar-refractivity contribution is 0.616. The molecular weight excluding hydrogens is 224 g/mol. The lowest BCUT2D eigenvalue weighted by Crippen LogP contribution is -2.08. The highest BCUT2D eigenvalue weighted by atomic mass is 32.1. The summed E-state index contributed by atoms with van der Waals surface area (Å²) in [5.41, 5.74) is 8.34. The molecule has 78 valence electrons. The Morgan fingerprint density at radius 1 is 1.40 bits per heavy atom. The highest BCUT2D eigenvalue weighted by molar-refractivity contribution is 7.13. The summed E-state index contributed by atoms with van der Waals surface area (Å²) in [6.07, 6.45) is 3.73. The molecule has 0 radical (unpaired) electrons. The number of hydrogen-bond acceptors (Lipinski definition) is 4. The second kappa shape index (κ2) is 3.61. The quantitative estimate of drug-likeness (QED) is 0.825. The van der Waals surface area contributed by atoms with E-state index < -0.39 is 0 Å². The van der Waals surface area contributed by atoms with Crippen LogP contribution in [-0.4, -0.2) is 4.98 Å². The summed E-state index contributed by atoms with van der Waals surface area (Å²) in [7, 11) is 0. The third kappa shape index (κ3) is 1.58. The summed E-state index contributed by atoms with van der Waals surface area (Å²) in [6, 6.07) is 2.25. The Bertz CT molecular complexity index is 472. The lowest BCUT2D eigenvalue weighted by atomic mass is 9.86. The van der Waals surface area contributed by atoms with Crippen LogP contribution >= 0.6 is 22.7 Å². The van der Waals surface area contributed by atoms with Crippen molar-refractivity contribution >= 4 is 27.8 Å². The Labute approximate surface area is 96.8 Å². The van der Waals surface area contributed by atoms with Crippen molar-refractivity contribution in [3.63, 3.8) is 0 Å². The van der Waals surface area contributed by atoms with Crippen molar-refractivity contribution in [2.75, 3.05) is 5.73 Å². The number of nitrogens with zero attached hydrogens (tertiary/aromatic N) is 1. The molecular formula is C11H12N2S2. The largest absolute Gasteiger partial charge is 0.375 e. The predicted molar refractivity (Wildman–Crippen MR) is 65.6 cm³/mol. The molecule has 0 saturated carbocycles. The van der Waals surface area contributed by atoms with E-state index in [0.717, 1.165) is 5.69 Å². The molecule has 4 heteroatoms. The normalized spacial score (nSPS) is 20.1. The fourth-order valence-electron chi connectivity index (χ4n) is 2.25. The molecule has 2 nitrogen and oxygen atoms in total. The lowest BCUT2D eigenvalue weighted by Gasteiger charge is -2.20. The van der Waals surface area contributed by atoms with Crippen LogP contribution in [0.15, 0.2) is 16.8 Å². The minimum atomic E-state index is 0.494. The number of thiophene rings is 1. The van der Waals surface area contributed by atoms with Crippen molar-refractivity contribution < 1.29 is 0 Å². The van der Waals surface area contributed by atoms with E-state index in [1.807, 2.05) is 11.3 Å². The van der Waals surface area contributed by atoms with Gasteiger partial charge >= 0.3 is 0 Å². The van der Waals surface area contributed by atoms with Crippen molar-refractivity contribution in [2.45, 2.75) is 25.2 Å². The van der Waals surface area contributed by atoms with Crippen LogP contribution in [0.2, 0.25) is 0 Å². The summed E-state index contributed by atoms with van der Waals surface area (Å²) >= 11 is 3.42. The second-order valence-electron chi connectivity index (χ2n) is 3.85. The van der Waals surface area contributed by atoms with Crippen molar-refractivity contribution in [3.8, 4) is 0 Å². The Morgan fingerprint density at radius 2 is 2.33 bits per heavy atom. The van der Waals surface area contributed by atoms with Crippen molar-refractivity contribution in [2.24, 2.45) is 0 Å². The van der Waals surface area contributed by atoms with Crippen LogP contribution < -0.4 is 5.73 Å². The highest BCUT2D eigenvalue weighted by Gasteiger charge is 2.24. The molecule has 1 aliphatic carbocycles. The molecule has 1 aliphatic rings. The van der Waals surface area contributed by atoms with Crippen LogP contribution in [0.4, 0.5) is 5.13 Å². The topological polar surface area (TPSA) is 38.9 Å².